The summed E-state index contributed by atoms with van der Waals surface area (Å²) in [6, 6.07) is 19.5. The summed E-state index contributed by atoms with van der Waals surface area (Å²) in [5.41, 5.74) is 5.68. The van der Waals surface area contributed by atoms with Gasteiger partial charge in [0, 0.05) is 29.8 Å². The predicted molar refractivity (Wildman–Crippen MR) is 111 cm³/mol. The highest BCUT2D eigenvalue weighted by atomic mass is 16.1. The van der Waals surface area contributed by atoms with Crippen LogP contribution in [0.25, 0.3) is 16.9 Å². The van der Waals surface area contributed by atoms with Crippen molar-refractivity contribution in [3.63, 3.8) is 0 Å². The normalized spacial score (nSPS) is 10.6. The van der Waals surface area contributed by atoms with Crippen LogP contribution in [-0.2, 0) is 0 Å². The van der Waals surface area contributed by atoms with Crippen molar-refractivity contribution in [2.45, 2.75) is 13.8 Å². The zero-order chi connectivity index (χ0) is 19.5. The number of anilines is 1. The van der Waals surface area contributed by atoms with Gasteiger partial charge in [0.2, 0.25) is 0 Å². The van der Waals surface area contributed by atoms with E-state index in [4.69, 9.17) is 0 Å². The molecule has 0 bridgehead atoms. The van der Waals surface area contributed by atoms with Gasteiger partial charge in [0.15, 0.2) is 0 Å². The number of hydrogen-bond donors (Lipinski definition) is 1. The number of aryl methyl sites for hydroxylation is 2. The summed E-state index contributed by atoms with van der Waals surface area (Å²) in [7, 11) is 0. The number of carbonyl (C=O) groups excluding carboxylic acids is 1. The van der Waals surface area contributed by atoms with Gasteiger partial charge in [0.05, 0.1) is 11.3 Å². The van der Waals surface area contributed by atoms with Gasteiger partial charge in [-0.25, -0.2) is 4.68 Å². The second-order valence-corrected chi connectivity index (χ2v) is 6.69. The van der Waals surface area contributed by atoms with Crippen molar-refractivity contribution in [3.05, 3.63) is 95.9 Å². The first-order valence-corrected chi connectivity index (χ1v) is 9.06. The van der Waals surface area contributed by atoms with Gasteiger partial charge in [-0.05, 0) is 55.3 Å². The number of nitrogens with one attached hydrogen (secondary N) is 1. The second-order valence-electron chi connectivity index (χ2n) is 6.69. The van der Waals surface area contributed by atoms with Gasteiger partial charge in [-0.2, -0.15) is 5.10 Å². The molecule has 5 nitrogen and oxygen atoms in total. The lowest BCUT2D eigenvalue weighted by Crippen LogP contribution is -2.13. The highest BCUT2D eigenvalue weighted by Crippen LogP contribution is 2.25. The summed E-state index contributed by atoms with van der Waals surface area (Å²) in [6.07, 6.45) is 5.18. The van der Waals surface area contributed by atoms with Crippen LogP contribution >= 0.6 is 0 Å². The molecule has 5 heteroatoms. The maximum absolute atomic E-state index is 13.1. The molecule has 0 saturated carbocycles. The maximum atomic E-state index is 13.1. The van der Waals surface area contributed by atoms with Crippen LogP contribution in [-0.4, -0.2) is 20.7 Å². The van der Waals surface area contributed by atoms with Crippen LogP contribution in [0.1, 0.15) is 21.5 Å². The van der Waals surface area contributed by atoms with Crippen molar-refractivity contribution < 1.29 is 4.79 Å². The van der Waals surface area contributed by atoms with Crippen LogP contribution in [0.5, 0.6) is 0 Å². The molecule has 4 aromatic rings. The van der Waals surface area contributed by atoms with Gasteiger partial charge in [0.1, 0.15) is 5.69 Å². The number of rotatable bonds is 4. The Hall–Kier alpha value is -3.73. The summed E-state index contributed by atoms with van der Waals surface area (Å²) in [5.74, 6) is -0.199. The number of benzene rings is 2. The fourth-order valence-corrected chi connectivity index (χ4v) is 3.03. The summed E-state index contributed by atoms with van der Waals surface area (Å²) in [4.78, 5) is 17.3. The minimum absolute atomic E-state index is 0.199. The molecule has 0 aliphatic rings. The summed E-state index contributed by atoms with van der Waals surface area (Å²) in [5, 5.41) is 7.70. The fourth-order valence-electron chi connectivity index (χ4n) is 3.03. The van der Waals surface area contributed by atoms with E-state index in [1.165, 1.54) is 0 Å². The van der Waals surface area contributed by atoms with Crippen LogP contribution in [0.15, 0.2) is 79.3 Å². The highest BCUT2D eigenvalue weighted by molar-refractivity contribution is 6.08. The third-order valence-corrected chi connectivity index (χ3v) is 4.56. The lowest BCUT2D eigenvalue weighted by atomic mass is 10.1. The van der Waals surface area contributed by atoms with E-state index in [1.807, 2.05) is 74.5 Å². The third kappa shape index (κ3) is 3.55. The Kier molecular flexibility index (Phi) is 4.72. The summed E-state index contributed by atoms with van der Waals surface area (Å²) in [6.45, 7) is 3.98. The van der Waals surface area contributed by atoms with Crippen LogP contribution < -0.4 is 5.32 Å². The molecule has 2 aromatic carbocycles. The molecule has 0 aliphatic heterocycles. The van der Waals surface area contributed by atoms with Crippen molar-refractivity contribution >= 4 is 11.6 Å². The number of aromatic nitrogens is 3. The molecule has 28 heavy (non-hydrogen) atoms. The summed E-state index contributed by atoms with van der Waals surface area (Å²) >= 11 is 0. The minimum atomic E-state index is -0.199. The Morgan fingerprint density at radius 3 is 2.57 bits per heavy atom. The average molecular weight is 368 g/mol. The van der Waals surface area contributed by atoms with Gasteiger partial charge in [-0.15, -0.1) is 0 Å². The van der Waals surface area contributed by atoms with Crippen LogP contribution in [0.4, 0.5) is 5.69 Å². The first-order valence-electron chi connectivity index (χ1n) is 9.06. The number of hydrogen-bond acceptors (Lipinski definition) is 3. The van der Waals surface area contributed by atoms with E-state index in [1.54, 1.807) is 23.3 Å². The van der Waals surface area contributed by atoms with Gasteiger partial charge >= 0.3 is 0 Å². The first kappa shape index (κ1) is 17.7. The van der Waals surface area contributed by atoms with Crippen molar-refractivity contribution in [3.8, 4) is 16.9 Å². The van der Waals surface area contributed by atoms with Crippen molar-refractivity contribution in [2.24, 2.45) is 0 Å². The number of amides is 1. The van der Waals surface area contributed by atoms with Crippen molar-refractivity contribution in [1.29, 1.82) is 0 Å². The number of carbonyl (C=O) groups is 1. The van der Waals surface area contributed by atoms with Crippen LogP contribution in [0.2, 0.25) is 0 Å². The lowest BCUT2D eigenvalue weighted by molar-refractivity contribution is 0.102. The molecule has 0 spiro atoms. The first-order chi connectivity index (χ1) is 13.6. The number of para-hydroxylation sites is 1. The number of pyridine rings is 1. The van der Waals surface area contributed by atoms with Gasteiger partial charge < -0.3 is 5.32 Å². The van der Waals surface area contributed by atoms with E-state index >= 15 is 0 Å². The smallest absolute Gasteiger partial charge is 0.259 e. The lowest BCUT2D eigenvalue weighted by Gasteiger charge is -2.09. The van der Waals surface area contributed by atoms with E-state index in [0.29, 0.717) is 11.3 Å². The summed E-state index contributed by atoms with van der Waals surface area (Å²) < 4.78 is 1.72. The largest absolute Gasteiger partial charge is 0.322 e. The minimum Gasteiger partial charge on any atom is -0.322 e. The molecule has 0 saturated heterocycles. The molecule has 138 valence electrons. The van der Waals surface area contributed by atoms with E-state index in [-0.39, 0.29) is 5.91 Å². The monoisotopic (exact) mass is 368 g/mol. The van der Waals surface area contributed by atoms with E-state index < -0.39 is 0 Å². The fraction of sp³-hybridized carbons (Fsp3) is 0.0870. The molecule has 0 unspecified atom stereocenters. The van der Waals surface area contributed by atoms with E-state index in [2.05, 4.69) is 15.4 Å². The predicted octanol–water partition coefficient (Wildman–Crippen LogP) is 4.80. The molecule has 0 atom stereocenters. The van der Waals surface area contributed by atoms with Crippen molar-refractivity contribution in [1.82, 2.24) is 14.8 Å². The molecule has 4 rings (SSSR count). The quantitative estimate of drug-likeness (QED) is 0.563. The van der Waals surface area contributed by atoms with Crippen molar-refractivity contribution in [2.75, 3.05) is 5.32 Å². The molecule has 1 amide bonds. The van der Waals surface area contributed by atoms with E-state index in [9.17, 15) is 4.79 Å². The van der Waals surface area contributed by atoms with Gasteiger partial charge in [0.25, 0.3) is 5.91 Å². The average Bonchev–Trinajstić information content (AvgIpc) is 3.18. The molecule has 0 aliphatic carbocycles. The zero-order valence-corrected chi connectivity index (χ0v) is 15.8. The van der Waals surface area contributed by atoms with Crippen LogP contribution in [0.3, 0.4) is 0 Å². The molecule has 2 aromatic heterocycles. The SMILES string of the molecule is Cc1ccc(C)c(NC(=O)c2cn(-c3ccccc3)nc2-c2cccnc2)c1. The van der Waals surface area contributed by atoms with E-state index in [0.717, 1.165) is 28.1 Å². The second kappa shape index (κ2) is 7.48. The molecule has 1 N–H and O–H groups in total. The Labute approximate surface area is 163 Å². The Morgan fingerprint density at radius 1 is 1.00 bits per heavy atom. The Balaban J connectivity index is 1.77. The molecule has 0 fully saturated rings. The molecular formula is C23H20N4O. The Bertz CT molecular complexity index is 1120. The molecule has 2 heterocycles. The maximum Gasteiger partial charge on any atom is 0.259 e. The Morgan fingerprint density at radius 2 is 1.82 bits per heavy atom. The third-order valence-electron chi connectivity index (χ3n) is 4.56. The van der Waals surface area contributed by atoms with Gasteiger partial charge in [-0.3, -0.25) is 9.78 Å². The number of nitrogens with zero attached hydrogens (tertiary/aromatic N) is 3. The van der Waals surface area contributed by atoms with Gasteiger partial charge in [-0.1, -0.05) is 30.3 Å². The topological polar surface area (TPSA) is 59.8 Å². The molecule has 0 radical (unpaired) electrons. The molecular weight excluding hydrogens is 348 g/mol. The zero-order valence-electron chi connectivity index (χ0n) is 15.8. The standard InChI is InChI=1S/C23H20N4O/c1-16-10-11-17(2)21(13-16)25-23(28)20-15-27(19-8-4-3-5-9-19)26-22(20)18-7-6-12-24-14-18/h3-15H,1-2H3,(H,25,28). The van der Waals surface area contributed by atoms with Crippen LogP contribution in [0, 0.1) is 13.8 Å². The highest BCUT2D eigenvalue weighted by Gasteiger charge is 2.19.